The molecule has 0 radical (unpaired) electrons. The van der Waals surface area contributed by atoms with E-state index in [9.17, 15) is 37.5 Å². The molecule has 4 atom stereocenters. The third kappa shape index (κ3) is 25.1. The standard InChI is InChI=1S/C27H29ClN4O3S.C25H27Cl2N3O5S.C23H27ClN2O2.C2H7N.2H2O.5H2/c1-17(14-30-27(34)24-15-31-26(33)23-12-21(36-2)5-6-22(23)24)16-32-9-7-19(8-10-32)35-20-4-3-18(13-29)25(28)11-20;1-15(14-30-8-6-16(7-9-30)35-17-2-5-22(26)23(27)10-17)12-28-25(32)21-13-29-24(31)20-11-18(36(33)34)3-4-19(20)21;1-16(2)21(25-22(27)19-6-4-3-5-7-19)23(28)26-14-12-18(13-15-26)17-8-10-20(24)11-9-17;1-3-2;;;;;;;/h3-6,11-12,15,17,19H,7-10,14,16H2,1-2H3,(H,30,34)(H,31,33);2-5,10-11,13,15-16H,6-9,12,14H2,1H3,(H,28,32)(H,29,31)(H,33,34);3-11,16,18,21H,12-15H2,1-2H3,(H,25,27);3H,1-2H3;2*1H2;5*1H/p-1/t17-;15-;21-;;;;;;;;/m111......../s1. The minimum atomic E-state index is -2.46. The van der Waals surface area contributed by atoms with Crippen LogP contribution in [-0.2, 0) is 15.9 Å². The van der Waals surface area contributed by atoms with Crippen molar-refractivity contribution in [2.45, 2.75) is 100 Å². The zero-order chi connectivity index (χ0) is 74.3. The van der Waals surface area contributed by atoms with Gasteiger partial charge in [0.25, 0.3) is 28.8 Å². The normalized spacial score (nSPS) is 15.4. The molecular weight excluding hydrogens is 1460 g/mol. The van der Waals surface area contributed by atoms with E-state index in [1.54, 1.807) is 54.2 Å². The molecule has 1 unspecified atom stereocenters. The van der Waals surface area contributed by atoms with Gasteiger partial charge in [0.05, 0.1) is 31.8 Å². The zero-order valence-corrected chi connectivity index (χ0v) is 64.5. The molecule has 0 bridgehead atoms. The molecule has 22 nitrogen and oxygen atoms in total. The van der Waals surface area contributed by atoms with Crippen molar-refractivity contribution in [3.63, 3.8) is 0 Å². The number of H-pyrrole nitrogens is 2. The number of rotatable bonds is 21. The van der Waals surface area contributed by atoms with E-state index >= 15 is 0 Å². The quantitative estimate of drug-likeness (QED) is 0.0288. The second-order valence-corrected chi connectivity index (χ2v) is 29.8. The van der Waals surface area contributed by atoms with Crippen LogP contribution in [0.3, 0.4) is 0 Å². The van der Waals surface area contributed by atoms with Gasteiger partial charge in [-0.05, 0) is 172 Å². The second kappa shape index (κ2) is 42.5. The van der Waals surface area contributed by atoms with Crippen molar-refractivity contribution in [1.82, 2.24) is 45.9 Å². The predicted molar refractivity (Wildman–Crippen MR) is 429 cm³/mol. The molecule has 0 saturated carbocycles. The molecule has 105 heavy (non-hydrogen) atoms. The van der Waals surface area contributed by atoms with Crippen LogP contribution in [0.4, 0.5) is 0 Å². The van der Waals surface area contributed by atoms with Gasteiger partial charge in [0.2, 0.25) is 5.91 Å². The van der Waals surface area contributed by atoms with E-state index in [-0.39, 0.29) is 87.5 Å². The van der Waals surface area contributed by atoms with Crippen LogP contribution in [-0.4, -0.2) is 172 Å². The average Bonchev–Trinajstić information content (AvgIpc) is 0.803. The molecule has 28 heteroatoms. The van der Waals surface area contributed by atoms with Gasteiger partial charge in [0, 0.05) is 139 Å². The number of fused-ring (bicyclic) bond motifs is 2. The van der Waals surface area contributed by atoms with Crippen LogP contribution in [0.2, 0.25) is 20.1 Å². The number of amides is 4. The summed E-state index contributed by atoms with van der Waals surface area (Å²) in [6.45, 7) is 15.8. The van der Waals surface area contributed by atoms with Crippen molar-refractivity contribution in [3.8, 4) is 17.6 Å². The van der Waals surface area contributed by atoms with Crippen LogP contribution in [0.5, 0.6) is 11.5 Å². The summed E-state index contributed by atoms with van der Waals surface area (Å²) >= 11 is 23.2. The number of nitriles is 1. The highest BCUT2D eigenvalue weighted by atomic mass is 35.5. The first-order valence-corrected chi connectivity index (χ1v) is 38.2. The van der Waals surface area contributed by atoms with E-state index in [1.165, 1.54) is 36.2 Å². The number of hydrogen-bond acceptors (Lipinski definition) is 15. The molecule has 5 heterocycles. The molecule has 2 aromatic heterocycles. The van der Waals surface area contributed by atoms with Crippen molar-refractivity contribution >= 4 is 114 Å². The average molecular weight is 1570 g/mol. The van der Waals surface area contributed by atoms with E-state index < -0.39 is 22.7 Å². The Balaban J connectivity index is 0.000000791. The van der Waals surface area contributed by atoms with Crippen molar-refractivity contribution in [1.29, 1.82) is 5.26 Å². The molecule has 574 valence electrons. The van der Waals surface area contributed by atoms with E-state index in [1.807, 2.05) is 93.7 Å². The van der Waals surface area contributed by atoms with E-state index in [4.69, 9.17) is 61.1 Å². The monoisotopic (exact) mass is 1560 g/mol. The number of piperidine rings is 3. The lowest BCUT2D eigenvalue weighted by atomic mass is 9.89. The van der Waals surface area contributed by atoms with Crippen LogP contribution >= 0.6 is 58.2 Å². The molecule has 3 aliphatic rings. The number of aromatic nitrogens is 2. The zero-order valence-electron chi connectivity index (χ0n) is 59.8. The first kappa shape index (κ1) is 86.1. The summed E-state index contributed by atoms with van der Waals surface area (Å²) in [5.74, 6) is 1.62. The van der Waals surface area contributed by atoms with Crippen LogP contribution in [0.1, 0.15) is 121 Å². The highest BCUT2D eigenvalue weighted by molar-refractivity contribution is 7.98. The third-order valence-corrected chi connectivity index (χ3v) is 20.7. The fourth-order valence-electron chi connectivity index (χ4n) is 12.5. The molecule has 6 aromatic carbocycles. The van der Waals surface area contributed by atoms with E-state index in [0.717, 1.165) is 87.7 Å². The molecule has 3 aliphatic heterocycles. The van der Waals surface area contributed by atoms with Crippen molar-refractivity contribution in [3.05, 3.63) is 208 Å². The Morgan fingerprint density at radius 2 is 1.12 bits per heavy atom. The number of nitrogens with one attached hydrogen (secondary N) is 6. The molecule has 3 saturated heterocycles. The number of thioether (sulfide) groups is 1. The minimum absolute atomic E-state index is 0. The molecule has 4 amide bonds. The van der Waals surface area contributed by atoms with Gasteiger partial charge < -0.3 is 70.9 Å². The largest absolute Gasteiger partial charge is 0.768 e. The Morgan fingerprint density at radius 1 is 0.629 bits per heavy atom. The summed E-state index contributed by atoms with van der Waals surface area (Å²) in [7, 11) is 3.75. The first-order valence-electron chi connectivity index (χ1n) is 34.4. The summed E-state index contributed by atoms with van der Waals surface area (Å²) < 4.78 is 34.6. The lowest BCUT2D eigenvalue weighted by Crippen LogP contribution is -2.52. The number of carbonyl (C=O) groups is 4. The van der Waals surface area contributed by atoms with E-state index in [2.05, 4.69) is 73.1 Å². The number of carbonyl (C=O) groups excluding carboxylic acids is 4. The highest BCUT2D eigenvalue weighted by Gasteiger charge is 2.32. The van der Waals surface area contributed by atoms with Crippen LogP contribution < -0.4 is 41.9 Å². The van der Waals surface area contributed by atoms with Gasteiger partial charge >= 0.3 is 0 Å². The summed E-state index contributed by atoms with van der Waals surface area (Å²) in [5.41, 5.74) is 2.41. The number of benzene rings is 6. The smallest absolute Gasteiger partial charge is 0.255 e. The number of hydrogen-bond donors (Lipinski definition) is 6. The number of nitrogens with zero attached hydrogens (tertiary/aromatic N) is 4. The van der Waals surface area contributed by atoms with E-state index in [0.29, 0.717) is 97.1 Å². The molecule has 0 spiro atoms. The molecule has 8 aromatic rings. The molecular formula is C77H103Cl4N10O12S2-. The first-order chi connectivity index (χ1) is 49.4. The second-order valence-electron chi connectivity index (χ2n) is 26.3. The maximum Gasteiger partial charge on any atom is 0.255 e. The van der Waals surface area contributed by atoms with Crippen LogP contribution in [0.15, 0.2) is 159 Å². The van der Waals surface area contributed by atoms with Gasteiger partial charge in [-0.3, -0.25) is 33.0 Å². The number of pyridine rings is 2. The number of ether oxygens (including phenoxy) is 2. The van der Waals surface area contributed by atoms with Crippen LogP contribution in [0, 0.1) is 29.1 Å². The Kier molecular flexibility index (Phi) is 34.8. The Hall–Kier alpha value is -7.87. The Bertz CT molecular complexity index is 4400. The van der Waals surface area contributed by atoms with Crippen molar-refractivity contribution < 1.29 is 55.5 Å². The van der Waals surface area contributed by atoms with Gasteiger partial charge in [-0.2, -0.15) is 5.26 Å². The number of halogens is 4. The molecule has 11 rings (SSSR count). The molecule has 0 aliphatic carbocycles. The fraction of sp³-hybridized carbons (Fsp3) is 0.390. The van der Waals surface area contributed by atoms with Gasteiger partial charge in [-0.1, -0.05) is 117 Å². The van der Waals surface area contributed by atoms with Crippen LogP contribution in [0.25, 0.3) is 21.5 Å². The van der Waals surface area contributed by atoms with Gasteiger partial charge in [0.1, 0.15) is 35.8 Å². The van der Waals surface area contributed by atoms with Gasteiger partial charge in [-0.15, -0.1) is 11.8 Å². The van der Waals surface area contributed by atoms with Gasteiger partial charge in [-0.25, -0.2) is 0 Å². The van der Waals surface area contributed by atoms with Crippen molar-refractivity contribution in [2.75, 3.05) is 85.8 Å². The van der Waals surface area contributed by atoms with Gasteiger partial charge in [0.15, 0.2) is 0 Å². The Labute approximate surface area is 646 Å². The molecule has 3 fully saturated rings. The Morgan fingerprint density at radius 3 is 1.60 bits per heavy atom. The maximum atomic E-state index is 13.1. The maximum absolute atomic E-state index is 13.1. The number of aromatic amines is 2. The third-order valence-electron chi connectivity index (χ3n) is 18.1. The lowest BCUT2D eigenvalue weighted by molar-refractivity contribution is -0.135. The SMILES string of the molecule is CC(C)[C@@H](NC(=O)c1ccccc1)C(=O)N1CCC(c2ccc(Cl)cc2)CC1.CNC.CSc1ccc2c(C(=O)NC[C@@H](C)CN3CCC(Oc4ccc(C#N)c(Cl)c4)CC3)c[nH]c(=O)c2c1.C[C@H](CNC(=O)c1c[nH]c(=O)c2cc(S(=O)[O-])ccc12)CN1CCC(Oc2ccc(Cl)c(Cl)c2)CC1.O.O.[HH].[HH].[HH].[HH].[HH]. The summed E-state index contributed by atoms with van der Waals surface area (Å²) in [6, 6.07) is 38.7. The molecule has 10 N–H and O–H groups in total. The topological polar surface area (TPSA) is 337 Å². The summed E-state index contributed by atoms with van der Waals surface area (Å²) in [4.78, 5) is 88.6. The lowest BCUT2D eigenvalue weighted by Gasteiger charge is -2.35. The predicted octanol–water partition coefficient (Wildman–Crippen LogP) is 12.6. The number of likely N-dealkylation sites (tertiary alicyclic amines) is 3. The summed E-state index contributed by atoms with van der Waals surface area (Å²) in [6.07, 6.45) is 10.5. The fourth-order valence-corrected chi connectivity index (χ4v) is 14.0. The van der Waals surface area contributed by atoms with Crippen molar-refractivity contribution in [2.24, 2.45) is 17.8 Å². The minimum Gasteiger partial charge on any atom is -0.768 e. The highest BCUT2D eigenvalue weighted by Crippen LogP contribution is 2.32. The summed E-state index contributed by atoms with van der Waals surface area (Å²) in [5, 5.41) is 24.5.